The molecule has 0 aliphatic carbocycles. The van der Waals surface area contributed by atoms with Gasteiger partial charge in [-0.15, -0.1) is 0 Å². The van der Waals surface area contributed by atoms with Crippen molar-refractivity contribution in [2.45, 2.75) is 0 Å². The summed E-state index contributed by atoms with van der Waals surface area (Å²) < 4.78 is 5.01. The van der Waals surface area contributed by atoms with Crippen LogP contribution in [0.15, 0.2) is 61.2 Å². The van der Waals surface area contributed by atoms with Crippen LogP contribution in [-0.2, 0) is 4.74 Å². The molecule has 0 saturated carbocycles. The maximum atomic E-state index is 11.9. The molecule has 19 heavy (non-hydrogen) atoms. The van der Waals surface area contributed by atoms with Crippen molar-refractivity contribution >= 4 is 11.7 Å². The highest BCUT2D eigenvalue weighted by molar-refractivity contribution is 5.99. The van der Waals surface area contributed by atoms with Crippen LogP contribution >= 0.6 is 0 Å². The van der Waals surface area contributed by atoms with Gasteiger partial charge in [-0.2, -0.15) is 0 Å². The van der Waals surface area contributed by atoms with Crippen molar-refractivity contribution in [3.05, 3.63) is 66.7 Å². The first-order chi connectivity index (χ1) is 9.24. The minimum absolute atomic E-state index is 0.174. The molecule has 0 heterocycles. The number of nitrogen functional groups attached to an aromatic ring is 1. The van der Waals surface area contributed by atoms with Crippen LogP contribution in [0.4, 0.5) is 5.69 Å². The van der Waals surface area contributed by atoms with Crippen molar-refractivity contribution in [1.82, 2.24) is 0 Å². The minimum Gasteiger partial charge on any atom is -0.458 e. The number of benzene rings is 2. The molecule has 0 saturated heterocycles. The van der Waals surface area contributed by atoms with Crippen LogP contribution in [0.25, 0.3) is 11.1 Å². The van der Waals surface area contributed by atoms with E-state index in [1.807, 2.05) is 36.4 Å². The summed E-state index contributed by atoms with van der Waals surface area (Å²) in [5.74, 6) is -0.435. The molecule has 0 radical (unpaired) electrons. The Morgan fingerprint density at radius 3 is 2.58 bits per heavy atom. The Labute approximate surface area is 112 Å². The molecule has 2 aromatic carbocycles. The lowest BCUT2D eigenvalue weighted by molar-refractivity contribution is 0.0551. The summed E-state index contributed by atoms with van der Waals surface area (Å²) in [5.41, 5.74) is 8.67. The molecule has 0 fully saturated rings. The van der Waals surface area contributed by atoms with E-state index in [0.717, 1.165) is 11.1 Å². The fourth-order valence-corrected chi connectivity index (χ4v) is 1.83. The Morgan fingerprint density at radius 1 is 1.16 bits per heavy atom. The third kappa shape index (κ3) is 2.83. The average molecular weight is 253 g/mol. The van der Waals surface area contributed by atoms with E-state index in [2.05, 4.69) is 6.58 Å². The van der Waals surface area contributed by atoms with Gasteiger partial charge < -0.3 is 10.5 Å². The van der Waals surface area contributed by atoms with Crippen molar-refractivity contribution in [2.24, 2.45) is 0 Å². The molecule has 3 heteroatoms. The molecule has 3 nitrogen and oxygen atoms in total. The van der Waals surface area contributed by atoms with E-state index in [1.54, 1.807) is 12.1 Å². The first-order valence-electron chi connectivity index (χ1n) is 5.96. The number of hydrogen-bond acceptors (Lipinski definition) is 3. The second-order valence-corrected chi connectivity index (χ2v) is 4.02. The monoisotopic (exact) mass is 253 g/mol. The van der Waals surface area contributed by atoms with Gasteiger partial charge in [-0.3, -0.25) is 0 Å². The van der Waals surface area contributed by atoms with Crippen LogP contribution < -0.4 is 5.73 Å². The van der Waals surface area contributed by atoms with Crippen molar-refractivity contribution < 1.29 is 9.53 Å². The van der Waals surface area contributed by atoms with Crippen LogP contribution in [0.5, 0.6) is 0 Å². The number of nitrogens with two attached hydrogens (primary N) is 1. The van der Waals surface area contributed by atoms with Crippen LogP contribution in [0.2, 0.25) is 0 Å². The van der Waals surface area contributed by atoms with Crippen LogP contribution in [0.1, 0.15) is 10.4 Å². The van der Waals surface area contributed by atoms with Gasteiger partial charge in [0.2, 0.25) is 0 Å². The van der Waals surface area contributed by atoms with Gasteiger partial charge in [0.05, 0.1) is 11.3 Å². The number of anilines is 1. The zero-order valence-electron chi connectivity index (χ0n) is 10.5. The highest BCUT2D eigenvalue weighted by Crippen LogP contribution is 2.28. The van der Waals surface area contributed by atoms with Gasteiger partial charge >= 0.3 is 5.97 Å². The van der Waals surface area contributed by atoms with E-state index in [9.17, 15) is 4.79 Å². The number of hydrogen-bond donors (Lipinski definition) is 1. The molecule has 0 unspecified atom stereocenters. The molecule has 2 aromatic rings. The summed E-state index contributed by atoms with van der Waals surface area (Å²) in [4.78, 5) is 11.9. The van der Waals surface area contributed by atoms with Gasteiger partial charge in [-0.1, -0.05) is 55.1 Å². The molecule has 0 aromatic heterocycles. The molecule has 0 aliphatic rings. The van der Waals surface area contributed by atoms with Gasteiger partial charge in [0, 0.05) is 5.56 Å². The van der Waals surface area contributed by atoms with E-state index in [4.69, 9.17) is 10.5 Å². The summed E-state index contributed by atoms with van der Waals surface area (Å²) >= 11 is 0. The average Bonchev–Trinajstić information content (AvgIpc) is 2.46. The topological polar surface area (TPSA) is 52.3 Å². The van der Waals surface area contributed by atoms with Crippen LogP contribution in [0.3, 0.4) is 0 Å². The molecule has 2 N–H and O–H groups in total. The zero-order valence-corrected chi connectivity index (χ0v) is 10.5. The van der Waals surface area contributed by atoms with E-state index >= 15 is 0 Å². The van der Waals surface area contributed by atoms with Crippen molar-refractivity contribution in [2.75, 3.05) is 12.3 Å². The zero-order chi connectivity index (χ0) is 13.7. The third-order valence-electron chi connectivity index (χ3n) is 2.74. The number of esters is 1. The predicted octanol–water partition coefficient (Wildman–Crippen LogP) is 3.28. The van der Waals surface area contributed by atoms with Gasteiger partial charge in [-0.25, -0.2) is 4.79 Å². The van der Waals surface area contributed by atoms with E-state index in [0.29, 0.717) is 11.3 Å². The molecular weight excluding hydrogens is 238 g/mol. The van der Waals surface area contributed by atoms with E-state index in [-0.39, 0.29) is 6.61 Å². The number of para-hydroxylation sites is 1. The molecule has 96 valence electrons. The van der Waals surface area contributed by atoms with Crippen molar-refractivity contribution in [1.29, 1.82) is 0 Å². The highest BCUT2D eigenvalue weighted by Gasteiger charge is 2.14. The summed E-state index contributed by atoms with van der Waals surface area (Å²) in [5, 5.41) is 0. The Bertz CT molecular complexity index is 591. The van der Waals surface area contributed by atoms with Gasteiger partial charge in [0.25, 0.3) is 0 Å². The number of carbonyl (C=O) groups excluding carboxylic acids is 1. The van der Waals surface area contributed by atoms with Crippen molar-refractivity contribution in [3.8, 4) is 11.1 Å². The summed E-state index contributed by atoms with van der Waals surface area (Å²) in [7, 11) is 0. The normalized spacial score (nSPS) is 9.89. The largest absolute Gasteiger partial charge is 0.458 e. The molecule has 0 bridgehead atoms. The molecule has 0 spiro atoms. The molecule has 2 rings (SSSR count). The lowest BCUT2D eigenvalue weighted by atomic mass is 10.0. The molecule has 0 atom stereocenters. The van der Waals surface area contributed by atoms with E-state index in [1.165, 1.54) is 6.08 Å². The highest BCUT2D eigenvalue weighted by atomic mass is 16.5. The van der Waals surface area contributed by atoms with E-state index < -0.39 is 5.97 Å². The standard InChI is InChI=1S/C16H15NO2/c1-2-11-19-16(18)14-10-6-9-13(15(14)17)12-7-4-3-5-8-12/h2-10H,1,11,17H2. The number of rotatable bonds is 4. The number of ether oxygens (including phenoxy) is 1. The summed E-state index contributed by atoms with van der Waals surface area (Å²) in [6.45, 7) is 3.68. The molecule has 0 aliphatic heterocycles. The van der Waals surface area contributed by atoms with Crippen LogP contribution in [-0.4, -0.2) is 12.6 Å². The Morgan fingerprint density at radius 2 is 1.89 bits per heavy atom. The first-order valence-corrected chi connectivity index (χ1v) is 5.96. The predicted molar refractivity (Wildman–Crippen MR) is 76.8 cm³/mol. The van der Waals surface area contributed by atoms with Gasteiger partial charge in [-0.05, 0) is 11.6 Å². The Kier molecular flexibility index (Phi) is 3.98. The molecular formula is C16H15NO2. The second-order valence-electron chi connectivity index (χ2n) is 4.02. The number of carbonyl (C=O) groups is 1. The maximum absolute atomic E-state index is 11.9. The smallest absolute Gasteiger partial charge is 0.340 e. The first kappa shape index (κ1) is 12.9. The van der Waals surface area contributed by atoms with Crippen molar-refractivity contribution in [3.63, 3.8) is 0 Å². The fraction of sp³-hybridized carbons (Fsp3) is 0.0625. The van der Waals surface area contributed by atoms with Crippen LogP contribution in [0, 0.1) is 0 Å². The SMILES string of the molecule is C=CCOC(=O)c1cccc(-c2ccccc2)c1N. The quantitative estimate of drug-likeness (QED) is 0.517. The maximum Gasteiger partial charge on any atom is 0.340 e. The fourth-order valence-electron chi connectivity index (χ4n) is 1.83. The second kappa shape index (κ2) is 5.87. The van der Waals surface area contributed by atoms with Gasteiger partial charge in [0.15, 0.2) is 0 Å². The summed E-state index contributed by atoms with van der Waals surface area (Å²) in [6.07, 6.45) is 1.52. The third-order valence-corrected chi connectivity index (χ3v) is 2.74. The lowest BCUT2D eigenvalue weighted by Gasteiger charge is -2.10. The Balaban J connectivity index is 2.38. The lowest BCUT2D eigenvalue weighted by Crippen LogP contribution is -2.09. The minimum atomic E-state index is -0.435. The summed E-state index contributed by atoms with van der Waals surface area (Å²) in [6, 6.07) is 15.0. The Hall–Kier alpha value is -2.55. The molecule has 0 amide bonds. The van der Waals surface area contributed by atoms with Gasteiger partial charge in [0.1, 0.15) is 6.61 Å².